The Balaban J connectivity index is 1.63. The van der Waals surface area contributed by atoms with Gasteiger partial charge in [-0.25, -0.2) is 9.97 Å². The molecule has 3 aromatic rings. The Bertz CT molecular complexity index is 939. The molecule has 0 bridgehead atoms. The highest BCUT2D eigenvalue weighted by Gasteiger charge is 2.32. The van der Waals surface area contributed by atoms with E-state index < -0.39 is 6.10 Å². The first-order valence-corrected chi connectivity index (χ1v) is 7.81. The zero-order valence-corrected chi connectivity index (χ0v) is 13.7. The first-order valence-electron chi connectivity index (χ1n) is 7.81. The number of benzene rings is 1. The maximum atomic E-state index is 12.5. The number of fused-ring (bicyclic) bond motifs is 1. The molecule has 1 atom stereocenters. The van der Waals surface area contributed by atoms with E-state index in [9.17, 15) is 4.79 Å². The van der Waals surface area contributed by atoms with E-state index in [1.807, 2.05) is 31.2 Å². The van der Waals surface area contributed by atoms with E-state index in [-0.39, 0.29) is 12.5 Å². The number of nitrogens with zero attached hydrogens (tertiary/aromatic N) is 5. The van der Waals surface area contributed by atoms with Gasteiger partial charge in [0.15, 0.2) is 6.10 Å². The second-order valence-electron chi connectivity index (χ2n) is 5.69. The Morgan fingerprint density at radius 3 is 2.84 bits per heavy atom. The van der Waals surface area contributed by atoms with E-state index in [4.69, 9.17) is 9.26 Å². The molecule has 8 heteroatoms. The molecular formula is C17H15N5O3. The molecule has 1 aliphatic heterocycles. The van der Waals surface area contributed by atoms with Crippen molar-refractivity contribution >= 4 is 11.6 Å². The highest BCUT2D eigenvalue weighted by molar-refractivity contribution is 5.99. The summed E-state index contributed by atoms with van der Waals surface area (Å²) in [4.78, 5) is 26.8. The third-order valence-corrected chi connectivity index (χ3v) is 3.83. The molecule has 1 aromatic carbocycles. The van der Waals surface area contributed by atoms with Gasteiger partial charge < -0.3 is 9.26 Å². The van der Waals surface area contributed by atoms with Crippen LogP contribution in [0.15, 0.2) is 41.1 Å². The fraction of sp³-hybridized carbons (Fsp3) is 0.235. The van der Waals surface area contributed by atoms with Crippen molar-refractivity contribution in [3.8, 4) is 17.4 Å². The molecule has 0 fully saturated rings. The van der Waals surface area contributed by atoms with Crippen LogP contribution in [-0.2, 0) is 11.3 Å². The monoisotopic (exact) mass is 337 g/mol. The van der Waals surface area contributed by atoms with Gasteiger partial charge in [0.1, 0.15) is 12.3 Å². The molecule has 1 aliphatic rings. The molecule has 2 aromatic heterocycles. The van der Waals surface area contributed by atoms with Gasteiger partial charge in [0.25, 0.3) is 5.91 Å². The molecule has 1 amide bonds. The lowest BCUT2D eigenvalue weighted by Crippen LogP contribution is -2.44. The number of anilines is 1. The maximum Gasteiger partial charge on any atom is 0.268 e. The van der Waals surface area contributed by atoms with E-state index >= 15 is 0 Å². The fourth-order valence-corrected chi connectivity index (χ4v) is 2.62. The van der Waals surface area contributed by atoms with Crippen LogP contribution in [0.3, 0.4) is 0 Å². The number of hydrogen-bond donors (Lipinski definition) is 0. The van der Waals surface area contributed by atoms with Gasteiger partial charge in [-0.3, -0.25) is 9.69 Å². The lowest BCUT2D eigenvalue weighted by atomic mass is 10.2. The number of hydrogen-bond acceptors (Lipinski definition) is 7. The molecule has 126 valence electrons. The summed E-state index contributed by atoms with van der Waals surface area (Å²) in [5, 5.41) is 3.91. The molecule has 3 heterocycles. The summed E-state index contributed by atoms with van der Waals surface area (Å²) in [6, 6.07) is 9.14. The third kappa shape index (κ3) is 2.82. The summed E-state index contributed by atoms with van der Waals surface area (Å²) in [6.07, 6.45) is 1.06. The van der Waals surface area contributed by atoms with Crippen LogP contribution in [0, 0.1) is 6.92 Å². The van der Waals surface area contributed by atoms with Crippen molar-refractivity contribution in [1.29, 1.82) is 0 Å². The maximum absolute atomic E-state index is 12.5. The number of para-hydroxylation sites is 2. The van der Waals surface area contributed by atoms with Gasteiger partial charge in [-0.05, 0) is 32.0 Å². The lowest BCUT2D eigenvalue weighted by molar-refractivity contribution is -0.125. The number of aromatic nitrogens is 4. The van der Waals surface area contributed by atoms with Crippen molar-refractivity contribution in [1.82, 2.24) is 20.1 Å². The van der Waals surface area contributed by atoms with Crippen LogP contribution in [0.2, 0.25) is 0 Å². The smallest absolute Gasteiger partial charge is 0.268 e. The first-order chi connectivity index (χ1) is 12.1. The van der Waals surface area contributed by atoms with Gasteiger partial charge in [0.2, 0.25) is 17.5 Å². The molecule has 0 saturated carbocycles. The second-order valence-corrected chi connectivity index (χ2v) is 5.69. The van der Waals surface area contributed by atoms with Crippen molar-refractivity contribution in [3.63, 3.8) is 0 Å². The molecule has 0 radical (unpaired) electrons. The Labute approximate surface area is 143 Å². The number of ether oxygens (including phenoxy) is 1. The van der Waals surface area contributed by atoms with E-state index in [1.165, 1.54) is 0 Å². The molecular weight excluding hydrogens is 322 g/mol. The Hall–Kier alpha value is -3.29. The quantitative estimate of drug-likeness (QED) is 0.722. The van der Waals surface area contributed by atoms with Crippen LogP contribution in [0.4, 0.5) is 5.69 Å². The lowest BCUT2D eigenvalue weighted by Gasteiger charge is -2.31. The summed E-state index contributed by atoms with van der Waals surface area (Å²) in [7, 11) is 0. The number of amides is 1. The van der Waals surface area contributed by atoms with Crippen molar-refractivity contribution in [3.05, 3.63) is 48.1 Å². The van der Waals surface area contributed by atoms with Gasteiger partial charge in [-0.1, -0.05) is 17.3 Å². The standard InChI is InChI=1S/C17H15N5O3/c1-10-7-8-18-15(19-10)16-20-14(25-21-16)9-22-12-5-3-4-6-13(12)24-11(2)17(22)23/h3-8,11H,9H2,1-2H3. The van der Waals surface area contributed by atoms with E-state index in [2.05, 4.69) is 20.1 Å². The van der Waals surface area contributed by atoms with Crippen LogP contribution in [0.25, 0.3) is 11.6 Å². The number of aryl methyl sites for hydroxylation is 1. The number of carbonyl (C=O) groups is 1. The van der Waals surface area contributed by atoms with Gasteiger partial charge in [-0.2, -0.15) is 4.98 Å². The molecule has 0 saturated heterocycles. The van der Waals surface area contributed by atoms with Crippen molar-refractivity contribution in [2.45, 2.75) is 26.5 Å². The minimum atomic E-state index is -0.572. The number of carbonyl (C=O) groups excluding carboxylic acids is 1. The van der Waals surface area contributed by atoms with Gasteiger partial charge in [-0.15, -0.1) is 0 Å². The summed E-state index contributed by atoms with van der Waals surface area (Å²) < 4.78 is 10.9. The average Bonchev–Trinajstić information content (AvgIpc) is 3.08. The molecule has 25 heavy (non-hydrogen) atoms. The number of rotatable bonds is 3. The summed E-state index contributed by atoms with van der Waals surface area (Å²) in [5.41, 5.74) is 1.49. The van der Waals surface area contributed by atoms with Crippen molar-refractivity contribution < 1.29 is 14.1 Å². The Morgan fingerprint density at radius 2 is 2.00 bits per heavy atom. The van der Waals surface area contributed by atoms with Gasteiger partial charge in [0.05, 0.1) is 5.69 Å². The SMILES string of the molecule is Cc1ccnc(-c2noc(CN3C(=O)C(C)Oc4ccccc43)n2)n1. The highest BCUT2D eigenvalue weighted by atomic mass is 16.5. The van der Waals surface area contributed by atoms with Crippen LogP contribution < -0.4 is 9.64 Å². The molecule has 0 spiro atoms. The summed E-state index contributed by atoms with van der Waals surface area (Å²) in [5.74, 6) is 1.47. The van der Waals surface area contributed by atoms with E-state index in [0.717, 1.165) is 5.69 Å². The second kappa shape index (κ2) is 5.97. The predicted octanol–water partition coefficient (Wildman–Crippen LogP) is 2.15. The van der Waals surface area contributed by atoms with Crippen molar-refractivity contribution in [2.75, 3.05) is 4.90 Å². The predicted molar refractivity (Wildman–Crippen MR) is 87.8 cm³/mol. The minimum Gasteiger partial charge on any atom is -0.479 e. The first kappa shape index (κ1) is 15.3. The highest BCUT2D eigenvalue weighted by Crippen LogP contribution is 2.34. The Morgan fingerprint density at radius 1 is 1.16 bits per heavy atom. The van der Waals surface area contributed by atoms with Crippen molar-refractivity contribution in [2.24, 2.45) is 0 Å². The van der Waals surface area contributed by atoms with Crippen LogP contribution in [0.1, 0.15) is 18.5 Å². The van der Waals surface area contributed by atoms with Gasteiger partial charge >= 0.3 is 0 Å². The summed E-state index contributed by atoms with van der Waals surface area (Å²) in [6.45, 7) is 3.73. The largest absolute Gasteiger partial charge is 0.479 e. The normalized spacial score (nSPS) is 16.5. The molecule has 0 N–H and O–H groups in total. The topological polar surface area (TPSA) is 94.2 Å². The van der Waals surface area contributed by atoms with E-state index in [1.54, 1.807) is 24.1 Å². The zero-order chi connectivity index (χ0) is 17.4. The molecule has 4 rings (SSSR count). The van der Waals surface area contributed by atoms with Gasteiger partial charge in [0, 0.05) is 11.9 Å². The van der Waals surface area contributed by atoms with E-state index in [0.29, 0.717) is 29.0 Å². The molecule has 1 unspecified atom stereocenters. The Kier molecular flexibility index (Phi) is 3.64. The van der Waals surface area contributed by atoms with Crippen LogP contribution in [-0.4, -0.2) is 32.1 Å². The third-order valence-electron chi connectivity index (χ3n) is 3.83. The molecule has 0 aliphatic carbocycles. The minimum absolute atomic E-state index is 0.155. The van der Waals surface area contributed by atoms with Crippen LogP contribution >= 0.6 is 0 Å². The molecule has 8 nitrogen and oxygen atoms in total. The zero-order valence-electron chi connectivity index (χ0n) is 13.7. The van der Waals surface area contributed by atoms with Crippen LogP contribution in [0.5, 0.6) is 5.75 Å². The summed E-state index contributed by atoms with van der Waals surface area (Å²) >= 11 is 0. The fourth-order valence-electron chi connectivity index (χ4n) is 2.62. The average molecular weight is 337 g/mol.